The van der Waals surface area contributed by atoms with E-state index in [0.717, 1.165) is 5.56 Å². The number of aromatic nitrogens is 1. The van der Waals surface area contributed by atoms with Crippen LogP contribution in [0.4, 0.5) is 0 Å². The van der Waals surface area contributed by atoms with Gasteiger partial charge in [-0.2, -0.15) is 0 Å². The molecule has 2 aromatic rings. The molecule has 1 amide bonds. The van der Waals surface area contributed by atoms with Crippen molar-refractivity contribution in [2.75, 3.05) is 13.2 Å². The van der Waals surface area contributed by atoms with Crippen LogP contribution in [0.1, 0.15) is 41.4 Å². The van der Waals surface area contributed by atoms with Gasteiger partial charge in [0.05, 0.1) is 22.2 Å². The number of amides is 1. The number of halogens is 1. The number of carbonyl (C=O) groups is 3. The molecule has 6 nitrogen and oxygen atoms in total. The molecule has 0 unspecified atom stereocenters. The van der Waals surface area contributed by atoms with Gasteiger partial charge in [-0.15, -0.1) is 11.3 Å². The molecular weight excluding hydrogens is 388 g/mol. The lowest BCUT2D eigenvalue weighted by Crippen LogP contribution is -2.33. The highest BCUT2D eigenvalue weighted by Crippen LogP contribution is 2.23. The molecule has 0 saturated carbocycles. The Morgan fingerprint density at radius 3 is 2.63 bits per heavy atom. The summed E-state index contributed by atoms with van der Waals surface area (Å²) in [5.74, 6) is -0.670. The molecule has 0 bridgehead atoms. The molecule has 144 valence electrons. The Hall–Kier alpha value is -2.25. The van der Waals surface area contributed by atoms with Crippen LogP contribution in [0.3, 0.4) is 0 Å². The van der Waals surface area contributed by atoms with Crippen LogP contribution in [0.25, 0.3) is 0 Å². The average molecular weight is 409 g/mol. The molecule has 0 aliphatic heterocycles. The van der Waals surface area contributed by atoms with Crippen molar-refractivity contribution in [1.29, 1.82) is 0 Å². The third-order valence-corrected chi connectivity index (χ3v) is 5.03. The molecule has 0 aliphatic carbocycles. The van der Waals surface area contributed by atoms with Crippen LogP contribution in [-0.2, 0) is 20.9 Å². The fourth-order valence-corrected chi connectivity index (χ4v) is 3.44. The van der Waals surface area contributed by atoms with E-state index in [1.54, 1.807) is 42.4 Å². The van der Waals surface area contributed by atoms with E-state index in [4.69, 9.17) is 16.3 Å². The maximum atomic E-state index is 12.6. The Morgan fingerprint density at radius 1 is 1.19 bits per heavy atom. The highest BCUT2D eigenvalue weighted by Gasteiger charge is 2.18. The smallest absolute Gasteiger partial charge is 0.307 e. The Kier molecular flexibility index (Phi) is 8.42. The van der Waals surface area contributed by atoms with E-state index in [9.17, 15) is 14.4 Å². The first-order valence-electron chi connectivity index (χ1n) is 8.60. The second-order valence-corrected chi connectivity index (χ2v) is 7.47. The number of pyridine rings is 1. The summed E-state index contributed by atoms with van der Waals surface area (Å²) >= 11 is 7.05. The van der Waals surface area contributed by atoms with E-state index in [0.29, 0.717) is 22.4 Å². The largest absolute Gasteiger partial charge is 0.466 e. The van der Waals surface area contributed by atoms with Gasteiger partial charge in [0.25, 0.3) is 0 Å². The zero-order chi connectivity index (χ0) is 19.6. The van der Waals surface area contributed by atoms with Crippen LogP contribution in [0, 0.1) is 0 Å². The maximum Gasteiger partial charge on any atom is 0.307 e. The number of nitrogens with zero attached hydrogens (tertiary/aromatic N) is 2. The van der Waals surface area contributed by atoms with Crippen LogP contribution >= 0.6 is 22.9 Å². The van der Waals surface area contributed by atoms with Crippen molar-refractivity contribution in [1.82, 2.24) is 9.88 Å². The highest BCUT2D eigenvalue weighted by molar-refractivity contribution is 7.18. The molecule has 0 N–H and O–H groups in total. The molecule has 2 rings (SSSR count). The Labute approximate surface area is 167 Å². The fraction of sp³-hybridized carbons (Fsp3) is 0.368. The van der Waals surface area contributed by atoms with Crippen LogP contribution in [0.5, 0.6) is 0 Å². The van der Waals surface area contributed by atoms with Gasteiger partial charge in [0.1, 0.15) is 0 Å². The SMILES string of the molecule is CCOC(=O)CCN(Cc1cccnc1)C(=O)CCC(=O)c1ccc(Cl)s1. The van der Waals surface area contributed by atoms with E-state index in [2.05, 4.69) is 4.98 Å². The molecule has 0 radical (unpaired) electrons. The van der Waals surface area contributed by atoms with E-state index in [1.165, 1.54) is 11.3 Å². The molecular formula is C19H21ClN2O4S. The molecule has 0 aliphatic rings. The predicted molar refractivity (Wildman–Crippen MR) is 104 cm³/mol. The minimum absolute atomic E-state index is 0.0669. The quantitative estimate of drug-likeness (QED) is 0.442. The number of ketones is 1. The van der Waals surface area contributed by atoms with Crippen LogP contribution in [0.2, 0.25) is 4.34 Å². The zero-order valence-corrected chi connectivity index (χ0v) is 16.6. The Morgan fingerprint density at radius 2 is 2.00 bits per heavy atom. The first-order valence-corrected chi connectivity index (χ1v) is 9.80. The fourth-order valence-electron chi connectivity index (χ4n) is 2.43. The third-order valence-electron chi connectivity index (χ3n) is 3.75. The van der Waals surface area contributed by atoms with Gasteiger partial charge < -0.3 is 9.64 Å². The van der Waals surface area contributed by atoms with Gasteiger partial charge in [-0.3, -0.25) is 19.4 Å². The van der Waals surface area contributed by atoms with E-state index in [1.807, 2.05) is 6.07 Å². The van der Waals surface area contributed by atoms with Crippen molar-refractivity contribution in [3.8, 4) is 0 Å². The summed E-state index contributed by atoms with van der Waals surface area (Å²) in [6.45, 7) is 2.59. The molecule has 8 heteroatoms. The maximum absolute atomic E-state index is 12.6. The van der Waals surface area contributed by atoms with Gasteiger partial charge in [-0.25, -0.2) is 0 Å². The van der Waals surface area contributed by atoms with Crippen molar-refractivity contribution in [3.63, 3.8) is 0 Å². The van der Waals surface area contributed by atoms with Crippen molar-refractivity contribution >= 4 is 40.6 Å². The van der Waals surface area contributed by atoms with E-state index >= 15 is 0 Å². The summed E-state index contributed by atoms with van der Waals surface area (Å²) in [4.78, 5) is 42.6. The predicted octanol–water partition coefficient (Wildman–Crippen LogP) is 3.74. The van der Waals surface area contributed by atoms with Gasteiger partial charge in [-0.05, 0) is 30.7 Å². The first kappa shape index (κ1) is 21.1. The van der Waals surface area contributed by atoms with Crippen molar-refractivity contribution in [3.05, 3.63) is 51.4 Å². The number of ether oxygens (including phenoxy) is 1. The summed E-state index contributed by atoms with van der Waals surface area (Å²) in [5.41, 5.74) is 0.853. The number of esters is 1. The number of rotatable bonds is 10. The number of thiophene rings is 1. The van der Waals surface area contributed by atoms with Gasteiger partial charge in [-0.1, -0.05) is 17.7 Å². The second kappa shape index (κ2) is 10.8. The highest BCUT2D eigenvalue weighted by atomic mass is 35.5. The van der Waals surface area contributed by atoms with Gasteiger partial charge in [0.2, 0.25) is 5.91 Å². The summed E-state index contributed by atoms with van der Waals surface area (Å²) in [5, 5.41) is 0. The number of Topliss-reactive ketones (excluding diaryl/α,β-unsaturated/α-hetero) is 1. The Bertz CT molecular complexity index is 779. The minimum Gasteiger partial charge on any atom is -0.466 e. The van der Waals surface area contributed by atoms with Crippen molar-refractivity contribution in [2.24, 2.45) is 0 Å². The lowest BCUT2D eigenvalue weighted by atomic mass is 10.1. The van der Waals surface area contributed by atoms with Gasteiger partial charge >= 0.3 is 5.97 Å². The molecule has 0 aromatic carbocycles. The second-order valence-electron chi connectivity index (χ2n) is 5.76. The summed E-state index contributed by atoms with van der Waals surface area (Å²) < 4.78 is 5.47. The lowest BCUT2D eigenvalue weighted by Gasteiger charge is -2.22. The van der Waals surface area contributed by atoms with Gasteiger partial charge in [0, 0.05) is 38.3 Å². The van der Waals surface area contributed by atoms with Crippen LogP contribution in [-0.4, -0.2) is 40.7 Å². The summed E-state index contributed by atoms with van der Waals surface area (Å²) in [6, 6.07) is 6.97. The normalized spacial score (nSPS) is 10.4. The molecule has 0 saturated heterocycles. The monoisotopic (exact) mass is 408 g/mol. The first-order chi connectivity index (χ1) is 13.0. The molecule has 2 heterocycles. The standard InChI is InChI=1S/C19H21ClN2O4S/c1-2-26-19(25)9-11-22(13-14-4-3-10-21-12-14)18(24)8-5-15(23)16-6-7-17(20)27-16/h3-4,6-7,10,12H,2,5,8-9,11,13H2,1H3. The number of hydrogen-bond acceptors (Lipinski definition) is 6. The molecule has 0 atom stereocenters. The summed E-state index contributed by atoms with van der Waals surface area (Å²) in [7, 11) is 0. The van der Waals surface area contributed by atoms with Crippen LogP contribution in [0.15, 0.2) is 36.7 Å². The van der Waals surface area contributed by atoms with E-state index in [-0.39, 0.29) is 43.5 Å². The average Bonchev–Trinajstić information content (AvgIpc) is 3.10. The molecule has 2 aromatic heterocycles. The minimum atomic E-state index is -0.356. The molecule has 0 fully saturated rings. The Balaban J connectivity index is 1.96. The number of carbonyl (C=O) groups excluding carboxylic acids is 3. The third kappa shape index (κ3) is 7.11. The van der Waals surface area contributed by atoms with Gasteiger partial charge in [0.15, 0.2) is 5.78 Å². The van der Waals surface area contributed by atoms with Crippen molar-refractivity contribution in [2.45, 2.75) is 32.7 Å². The molecule has 27 heavy (non-hydrogen) atoms. The zero-order valence-electron chi connectivity index (χ0n) is 15.0. The molecule has 0 spiro atoms. The van der Waals surface area contributed by atoms with Crippen LogP contribution < -0.4 is 0 Å². The summed E-state index contributed by atoms with van der Waals surface area (Å²) in [6.07, 6.45) is 3.59. The topological polar surface area (TPSA) is 76.6 Å². The number of hydrogen-bond donors (Lipinski definition) is 0. The lowest BCUT2D eigenvalue weighted by molar-refractivity contribution is -0.144. The van der Waals surface area contributed by atoms with E-state index < -0.39 is 0 Å². The van der Waals surface area contributed by atoms with Crippen molar-refractivity contribution < 1.29 is 19.1 Å².